The van der Waals surface area contributed by atoms with Crippen molar-refractivity contribution in [2.75, 3.05) is 33.8 Å². The van der Waals surface area contributed by atoms with Gasteiger partial charge in [0.05, 0.1) is 39.1 Å². The van der Waals surface area contributed by atoms with Crippen LogP contribution in [0.1, 0.15) is 38.5 Å². The highest BCUT2D eigenvalue weighted by molar-refractivity contribution is 6.17. The van der Waals surface area contributed by atoms with Crippen LogP contribution in [0.3, 0.4) is 0 Å². The van der Waals surface area contributed by atoms with Crippen LogP contribution < -0.4 is 18.9 Å². The van der Waals surface area contributed by atoms with Crippen LogP contribution in [0.2, 0.25) is 0 Å². The molecule has 2 rings (SSSR count). The molecule has 0 aliphatic heterocycles. The van der Waals surface area contributed by atoms with Gasteiger partial charge in [-0.15, -0.1) is 11.6 Å². The molecule has 0 N–H and O–H groups in total. The van der Waals surface area contributed by atoms with Crippen LogP contribution in [0.4, 0.5) is 0 Å². The van der Waals surface area contributed by atoms with E-state index in [0.29, 0.717) is 18.1 Å². The lowest BCUT2D eigenvalue weighted by Crippen LogP contribution is -2.02. The summed E-state index contributed by atoms with van der Waals surface area (Å²) < 4.78 is 22.9. The van der Waals surface area contributed by atoms with E-state index in [-0.39, 0.29) is 0 Å². The molecule has 0 aromatic heterocycles. The predicted molar refractivity (Wildman–Crippen MR) is 115 cm³/mol. The van der Waals surface area contributed by atoms with Gasteiger partial charge < -0.3 is 18.9 Å². The van der Waals surface area contributed by atoms with Crippen molar-refractivity contribution in [3.63, 3.8) is 0 Å². The molecule has 28 heavy (non-hydrogen) atoms. The fourth-order valence-electron chi connectivity index (χ4n) is 3.23. The lowest BCUT2D eigenvalue weighted by atomic mass is 10.0. The average Bonchev–Trinajstić information content (AvgIpc) is 2.74. The van der Waals surface area contributed by atoms with Crippen LogP contribution in [-0.4, -0.2) is 33.8 Å². The van der Waals surface area contributed by atoms with E-state index in [1.54, 1.807) is 21.3 Å². The number of hydrogen-bond acceptors (Lipinski definition) is 4. The quantitative estimate of drug-likeness (QED) is 0.287. The molecule has 0 aliphatic carbocycles. The van der Waals surface area contributed by atoms with Crippen molar-refractivity contribution >= 4 is 11.6 Å². The van der Waals surface area contributed by atoms with Crippen molar-refractivity contribution in [1.29, 1.82) is 0 Å². The highest BCUT2D eigenvalue weighted by Gasteiger charge is 2.21. The smallest absolute Gasteiger partial charge is 0.131 e. The van der Waals surface area contributed by atoms with Gasteiger partial charge in [0.25, 0.3) is 0 Å². The number of halogens is 1. The number of ether oxygens (including phenoxy) is 4. The molecule has 0 amide bonds. The number of benzene rings is 2. The summed E-state index contributed by atoms with van der Waals surface area (Å²) in [6.07, 6.45) is 6.92. The fourth-order valence-corrected chi connectivity index (χ4v) is 3.42. The molecule has 0 saturated carbocycles. The van der Waals surface area contributed by atoms with Gasteiger partial charge in [-0.1, -0.05) is 37.8 Å². The minimum absolute atomic E-state index is 0.660. The van der Waals surface area contributed by atoms with Crippen LogP contribution in [0.25, 0.3) is 11.1 Å². The van der Waals surface area contributed by atoms with E-state index in [9.17, 15) is 0 Å². The molecule has 0 saturated heterocycles. The summed E-state index contributed by atoms with van der Waals surface area (Å²) in [5.74, 6) is 3.68. The molecule has 5 heteroatoms. The van der Waals surface area contributed by atoms with Crippen molar-refractivity contribution < 1.29 is 18.9 Å². The molecule has 0 atom stereocenters. The van der Waals surface area contributed by atoms with Gasteiger partial charge in [0, 0.05) is 5.88 Å². The Morgan fingerprint density at radius 3 is 1.54 bits per heavy atom. The van der Waals surface area contributed by atoms with Crippen LogP contribution >= 0.6 is 11.6 Å². The molecule has 0 spiro atoms. The predicted octanol–water partition coefficient (Wildman–Crippen LogP) is 6.34. The highest BCUT2D eigenvalue weighted by atomic mass is 35.5. The Labute approximate surface area is 173 Å². The molecule has 0 heterocycles. The number of methoxy groups -OCH3 is 3. The van der Waals surface area contributed by atoms with E-state index < -0.39 is 0 Å². The van der Waals surface area contributed by atoms with Gasteiger partial charge in [-0.05, 0) is 37.1 Å². The minimum Gasteiger partial charge on any atom is -0.496 e. The summed E-state index contributed by atoms with van der Waals surface area (Å²) >= 11 is 5.72. The Bertz CT molecular complexity index is 695. The largest absolute Gasteiger partial charge is 0.496 e. The Balaban J connectivity index is 2.16. The molecule has 154 valence electrons. The summed E-state index contributed by atoms with van der Waals surface area (Å²) in [6.45, 7) is 0.660. The number of unbranched alkanes of at least 4 members (excludes halogenated alkanes) is 5. The first-order valence-corrected chi connectivity index (χ1v) is 10.4. The molecule has 2 aromatic carbocycles. The van der Waals surface area contributed by atoms with Gasteiger partial charge in [-0.2, -0.15) is 0 Å². The second-order valence-corrected chi connectivity index (χ2v) is 6.91. The first-order valence-electron chi connectivity index (χ1n) is 9.84. The summed E-state index contributed by atoms with van der Waals surface area (Å²) in [5, 5.41) is 0. The highest BCUT2D eigenvalue weighted by Crippen LogP contribution is 2.47. The van der Waals surface area contributed by atoms with Crippen LogP contribution in [0.5, 0.6) is 23.0 Å². The van der Waals surface area contributed by atoms with Crippen molar-refractivity contribution in [2.45, 2.75) is 38.5 Å². The summed E-state index contributed by atoms with van der Waals surface area (Å²) in [5.41, 5.74) is 1.68. The molecule has 0 bridgehead atoms. The lowest BCUT2D eigenvalue weighted by Gasteiger charge is -2.19. The normalized spacial score (nSPS) is 10.6. The summed E-state index contributed by atoms with van der Waals surface area (Å²) in [4.78, 5) is 0. The molecule has 0 fully saturated rings. The number of rotatable bonds is 13. The van der Waals surface area contributed by atoms with E-state index in [1.165, 1.54) is 19.3 Å². The zero-order valence-corrected chi connectivity index (χ0v) is 17.9. The third-order valence-electron chi connectivity index (χ3n) is 4.67. The van der Waals surface area contributed by atoms with Gasteiger partial charge in [-0.3, -0.25) is 0 Å². The zero-order valence-electron chi connectivity index (χ0n) is 17.1. The minimum atomic E-state index is 0.660. The van der Waals surface area contributed by atoms with Crippen LogP contribution in [-0.2, 0) is 0 Å². The molecular weight excluding hydrogens is 376 g/mol. The molecule has 0 aliphatic rings. The number of hydrogen-bond donors (Lipinski definition) is 0. The van der Waals surface area contributed by atoms with Crippen LogP contribution in [0.15, 0.2) is 36.4 Å². The van der Waals surface area contributed by atoms with Gasteiger partial charge in [-0.25, -0.2) is 0 Å². The molecular formula is C23H31ClO4. The Kier molecular flexibility index (Phi) is 9.84. The van der Waals surface area contributed by atoms with E-state index in [0.717, 1.165) is 47.8 Å². The third-order valence-corrected chi connectivity index (χ3v) is 4.94. The average molecular weight is 407 g/mol. The Hall–Kier alpha value is -2.07. The van der Waals surface area contributed by atoms with Gasteiger partial charge in [0.15, 0.2) is 0 Å². The summed E-state index contributed by atoms with van der Waals surface area (Å²) in [7, 11) is 4.96. The van der Waals surface area contributed by atoms with Crippen molar-refractivity contribution in [3.8, 4) is 34.1 Å². The van der Waals surface area contributed by atoms with Gasteiger partial charge >= 0.3 is 0 Å². The molecule has 2 aromatic rings. The van der Waals surface area contributed by atoms with E-state index >= 15 is 0 Å². The van der Waals surface area contributed by atoms with Gasteiger partial charge in [0.1, 0.15) is 23.0 Å². The first-order chi connectivity index (χ1) is 13.8. The SMILES string of the molecule is COc1cccc(OC)c1-c1c(OC)cccc1OCCCCCCCCCl. The second kappa shape index (κ2) is 12.4. The lowest BCUT2D eigenvalue weighted by molar-refractivity contribution is 0.303. The van der Waals surface area contributed by atoms with Crippen molar-refractivity contribution in [2.24, 2.45) is 0 Å². The van der Waals surface area contributed by atoms with E-state index in [4.69, 9.17) is 30.5 Å². The maximum absolute atomic E-state index is 6.15. The second-order valence-electron chi connectivity index (χ2n) is 6.53. The maximum Gasteiger partial charge on any atom is 0.131 e. The number of alkyl halides is 1. The van der Waals surface area contributed by atoms with Crippen LogP contribution in [0, 0.1) is 0 Å². The zero-order chi connectivity index (χ0) is 20.2. The molecule has 4 nitrogen and oxygen atoms in total. The standard InChI is InChI=1S/C23H31ClO4/c1-25-18-12-10-13-19(26-2)22(18)23-20(27-3)14-11-15-21(23)28-17-9-7-5-4-6-8-16-24/h10-15H,4-9,16-17H2,1-3H3. The van der Waals surface area contributed by atoms with E-state index in [2.05, 4.69) is 0 Å². The maximum atomic E-state index is 6.15. The van der Waals surface area contributed by atoms with Crippen molar-refractivity contribution in [1.82, 2.24) is 0 Å². The fraction of sp³-hybridized carbons (Fsp3) is 0.478. The Morgan fingerprint density at radius 1 is 0.607 bits per heavy atom. The van der Waals surface area contributed by atoms with Gasteiger partial charge in [0.2, 0.25) is 0 Å². The first kappa shape index (κ1) is 22.2. The van der Waals surface area contributed by atoms with E-state index in [1.807, 2.05) is 36.4 Å². The molecule has 0 unspecified atom stereocenters. The van der Waals surface area contributed by atoms with Crippen molar-refractivity contribution in [3.05, 3.63) is 36.4 Å². The molecule has 0 radical (unpaired) electrons. The Morgan fingerprint density at radius 2 is 1.04 bits per heavy atom. The summed E-state index contributed by atoms with van der Waals surface area (Å²) in [6, 6.07) is 11.5. The monoisotopic (exact) mass is 406 g/mol. The topological polar surface area (TPSA) is 36.9 Å². The third kappa shape index (κ3) is 5.96.